The maximum atomic E-state index is 12.6. The number of aryl methyl sites for hydroxylation is 1. The topological polar surface area (TPSA) is 77.0 Å². The Balaban J connectivity index is 1.41. The van der Waals surface area contributed by atoms with E-state index in [2.05, 4.69) is 22.3 Å². The lowest BCUT2D eigenvalue weighted by molar-refractivity contribution is -0.129. The predicted molar refractivity (Wildman–Crippen MR) is 107 cm³/mol. The number of nitrogens with zero attached hydrogens (tertiary/aromatic N) is 4. The molecule has 2 N–H and O–H groups in total. The third-order valence-corrected chi connectivity index (χ3v) is 5.71. The van der Waals surface area contributed by atoms with Gasteiger partial charge in [-0.25, -0.2) is 4.68 Å². The van der Waals surface area contributed by atoms with E-state index in [4.69, 9.17) is 5.84 Å². The van der Waals surface area contributed by atoms with E-state index in [1.54, 1.807) is 0 Å². The Labute approximate surface area is 162 Å². The fourth-order valence-electron chi connectivity index (χ4n) is 3.20. The molecular weight excluding hydrogens is 358 g/mol. The van der Waals surface area contributed by atoms with Crippen molar-refractivity contribution in [1.82, 2.24) is 19.8 Å². The van der Waals surface area contributed by atoms with Gasteiger partial charge < -0.3 is 10.7 Å². The van der Waals surface area contributed by atoms with Gasteiger partial charge in [-0.05, 0) is 24.5 Å². The Kier molecular flexibility index (Phi) is 4.85. The third-order valence-electron chi connectivity index (χ3n) is 4.78. The van der Waals surface area contributed by atoms with Crippen molar-refractivity contribution < 1.29 is 4.79 Å². The van der Waals surface area contributed by atoms with Gasteiger partial charge >= 0.3 is 0 Å². The molecule has 0 aliphatic carbocycles. The van der Waals surface area contributed by atoms with Crippen LogP contribution in [0.25, 0.3) is 11.4 Å². The summed E-state index contributed by atoms with van der Waals surface area (Å²) >= 11 is 1.32. The number of rotatable bonds is 4. The zero-order valence-corrected chi connectivity index (χ0v) is 15.9. The summed E-state index contributed by atoms with van der Waals surface area (Å²) in [6, 6.07) is 16.2. The summed E-state index contributed by atoms with van der Waals surface area (Å²) in [6.07, 6.45) is 0.900. The Hall–Kier alpha value is -2.80. The second kappa shape index (κ2) is 7.44. The van der Waals surface area contributed by atoms with E-state index in [-0.39, 0.29) is 5.91 Å². The molecule has 1 amide bonds. The van der Waals surface area contributed by atoms with Gasteiger partial charge in [0.1, 0.15) is 0 Å². The number of hydrogen-bond donors (Lipinski definition) is 1. The fraction of sp³-hybridized carbons (Fsp3) is 0.250. The van der Waals surface area contributed by atoms with Crippen molar-refractivity contribution in [3.63, 3.8) is 0 Å². The second-order valence-electron chi connectivity index (χ2n) is 6.66. The van der Waals surface area contributed by atoms with Crippen LogP contribution in [0.4, 0.5) is 0 Å². The van der Waals surface area contributed by atoms with Gasteiger partial charge in [-0.3, -0.25) is 4.79 Å². The fourth-order valence-corrected chi connectivity index (χ4v) is 3.96. The highest BCUT2D eigenvalue weighted by molar-refractivity contribution is 7.99. The molecule has 27 heavy (non-hydrogen) atoms. The van der Waals surface area contributed by atoms with E-state index >= 15 is 0 Å². The van der Waals surface area contributed by atoms with Gasteiger partial charge in [0.25, 0.3) is 0 Å². The molecule has 0 atom stereocenters. The van der Waals surface area contributed by atoms with Crippen molar-refractivity contribution in [3.05, 3.63) is 65.2 Å². The highest BCUT2D eigenvalue weighted by atomic mass is 32.2. The van der Waals surface area contributed by atoms with E-state index in [9.17, 15) is 4.79 Å². The van der Waals surface area contributed by atoms with Crippen molar-refractivity contribution in [2.24, 2.45) is 0 Å². The molecule has 0 saturated heterocycles. The molecule has 1 aromatic heterocycles. The van der Waals surface area contributed by atoms with E-state index < -0.39 is 0 Å². The number of thioether (sulfide) groups is 1. The minimum Gasteiger partial charge on any atom is -0.337 e. The zero-order valence-electron chi connectivity index (χ0n) is 15.1. The SMILES string of the molecule is Cc1ccc(-c2nnc(SCC(=O)N3CCc4ccccc4C3)n2N)cc1. The molecule has 1 aliphatic rings. The Morgan fingerprint density at radius 1 is 1.11 bits per heavy atom. The molecule has 0 fully saturated rings. The first-order chi connectivity index (χ1) is 13.1. The van der Waals surface area contributed by atoms with Gasteiger partial charge in [0.2, 0.25) is 11.1 Å². The quantitative estimate of drug-likeness (QED) is 0.557. The van der Waals surface area contributed by atoms with Crippen LogP contribution >= 0.6 is 11.8 Å². The van der Waals surface area contributed by atoms with Crippen LogP contribution in [0, 0.1) is 6.92 Å². The third kappa shape index (κ3) is 3.68. The predicted octanol–water partition coefficient (Wildman–Crippen LogP) is 2.64. The van der Waals surface area contributed by atoms with Crippen molar-refractivity contribution in [2.45, 2.75) is 25.0 Å². The van der Waals surface area contributed by atoms with Crippen LogP contribution in [0.1, 0.15) is 16.7 Å². The van der Waals surface area contributed by atoms with Gasteiger partial charge in [-0.15, -0.1) is 10.2 Å². The minimum atomic E-state index is 0.0920. The normalized spacial score (nSPS) is 13.4. The minimum absolute atomic E-state index is 0.0920. The number of nitrogen functional groups attached to an aromatic ring is 1. The summed E-state index contributed by atoms with van der Waals surface area (Å²) in [5.74, 6) is 7.13. The number of benzene rings is 2. The smallest absolute Gasteiger partial charge is 0.233 e. The molecule has 2 heterocycles. The number of fused-ring (bicyclic) bond motifs is 1. The number of aromatic nitrogens is 3. The van der Waals surface area contributed by atoms with Crippen LogP contribution in [0.5, 0.6) is 0 Å². The lowest BCUT2D eigenvalue weighted by atomic mass is 10.00. The molecular formula is C20H21N5OS. The summed E-state index contributed by atoms with van der Waals surface area (Å²) in [6.45, 7) is 3.45. The van der Waals surface area contributed by atoms with Crippen LogP contribution in [0.2, 0.25) is 0 Å². The monoisotopic (exact) mass is 379 g/mol. The van der Waals surface area contributed by atoms with Gasteiger partial charge in [-0.1, -0.05) is 65.9 Å². The van der Waals surface area contributed by atoms with Crippen LogP contribution in [-0.4, -0.2) is 38.0 Å². The Morgan fingerprint density at radius 3 is 2.63 bits per heavy atom. The summed E-state index contributed by atoms with van der Waals surface area (Å²) in [7, 11) is 0. The van der Waals surface area contributed by atoms with Crippen molar-refractivity contribution >= 4 is 17.7 Å². The standard InChI is InChI=1S/C20H21N5OS/c1-14-6-8-16(9-7-14)19-22-23-20(25(19)21)27-13-18(26)24-11-10-15-4-2-3-5-17(15)12-24/h2-9H,10-13,21H2,1H3. The number of carbonyl (C=O) groups is 1. The van der Waals surface area contributed by atoms with Gasteiger partial charge in [0, 0.05) is 18.7 Å². The van der Waals surface area contributed by atoms with E-state index in [0.717, 1.165) is 18.5 Å². The first-order valence-electron chi connectivity index (χ1n) is 8.86. The van der Waals surface area contributed by atoms with Crippen molar-refractivity contribution in [2.75, 3.05) is 18.1 Å². The highest BCUT2D eigenvalue weighted by Gasteiger charge is 2.21. The number of amides is 1. The van der Waals surface area contributed by atoms with Crippen LogP contribution in [-0.2, 0) is 17.8 Å². The summed E-state index contributed by atoms with van der Waals surface area (Å²) in [5.41, 5.74) is 4.64. The van der Waals surface area contributed by atoms with E-state index in [1.807, 2.05) is 48.2 Å². The van der Waals surface area contributed by atoms with Crippen LogP contribution in [0.3, 0.4) is 0 Å². The number of carbonyl (C=O) groups excluding carboxylic acids is 1. The number of hydrogen-bond acceptors (Lipinski definition) is 5. The van der Waals surface area contributed by atoms with Gasteiger partial charge in [0.05, 0.1) is 5.75 Å². The maximum absolute atomic E-state index is 12.6. The summed E-state index contributed by atoms with van der Waals surface area (Å²) in [4.78, 5) is 14.5. The molecule has 7 heteroatoms. The lowest BCUT2D eigenvalue weighted by Crippen LogP contribution is -2.37. The molecule has 4 rings (SSSR count). The first-order valence-corrected chi connectivity index (χ1v) is 9.85. The first kappa shape index (κ1) is 17.6. The molecule has 0 spiro atoms. The molecule has 3 aromatic rings. The van der Waals surface area contributed by atoms with E-state index in [1.165, 1.54) is 33.1 Å². The molecule has 0 saturated carbocycles. The Bertz CT molecular complexity index is 967. The zero-order chi connectivity index (χ0) is 18.8. The maximum Gasteiger partial charge on any atom is 0.233 e. The van der Waals surface area contributed by atoms with Gasteiger partial charge in [0.15, 0.2) is 5.82 Å². The van der Waals surface area contributed by atoms with Gasteiger partial charge in [-0.2, -0.15) is 0 Å². The highest BCUT2D eigenvalue weighted by Crippen LogP contribution is 2.23. The molecule has 138 valence electrons. The molecule has 0 unspecified atom stereocenters. The summed E-state index contributed by atoms with van der Waals surface area (Å²) in [5, 5.41) is 8.86. The second-order valence-corrected chi connectivity index (χ2v) is 7.61. The average Bonchev–Trinajstić information content (AvgIpc) is 3.07. The molecule has 1 aliphatic heterocycles. The average molecular weight is 379 g/mol. The lowest BCUT2D eigenvalue weighted by Gasteiger charge is -2.28. The number of nitrogens with two attached hydrogens (primary N) is 1. The van der Waals surface area contributed by atoms with Crippen molar-refractivity contribution in [3.8, 4) is 11.4 Å². The molecule has 0 bridgehead atoms. The summed E-state index contributed by atoms with van der Waals surface area (Å²) < 4.78 is 1.45. The van der Waals surface area contributed by atoms with E-state index in [0.29, 0.717) is 23.3 Å². The van der Waals surface area contributed by atoms with Crippen LogP contribution in [0.15, 0.2) is 53.7 Å². The molecule has 2 aromatic carbocycles. The van der Waals surface area contributed by atoms with Crippen LogP contribution < -0.4 is 5.84 Å². The Morgan fingerprint density at radius 2 is 1.85 bits per heavy atom. The van der Waals surface area contributed by atoms with Crippen molar-refractivity contribution in [1.29, 1.82) is 0 Å². The molecule has 0 radical (unpaired) electrons. The molecule has 6 nitrogen and oxygen atoms in total. The largest absolute Gasteiger partial charge is 0.337 e.